The van der Waals surface area contributed by atoms with Crippen LogP contribution in [0.25, 0.3) is 0 Å². The third kappa shape index (κ3) is 2.38. The van der Waals surface area contributed by atoms with E-state index in [0.29, 0.717) is 11.8 Å². The molecule has 0 spiro atoms. The van der Waals surface area contributed by atoms with Crippen LogP contribution < -0.4 is 0 Å². The fourth-order valence-electron chi connectivity index (χ4n) is 2.76. The predicted octanol–water partition coefficient (Wildman–Crippen LogP) is 2.58. The Morgan fingerprint density at radius 1 is 1.00 bits per heavy atom. The second-order valence-electron chi connectivity index (χ2n) is 5.12. The molecule has 0 amide bonds. The Kier molecular flexibility index (Phi) is 3.37. The van der Waals surface area contributed by atoms with Crippen molar-refractivity contribution in [3.8, 4) is 0 Å². The van der Waals surface area contributed by atoms with E-state index in [9.17, 15) is 17.6 Å². The number of rotatable bonds is 4. The zero-order valence-electron chi connectivity index (χ0n) is 11.0. The number of carbonyl (C=O) groups excluding carboxylic acids is 1. The quantitative estimate of drug-likeness (QED) is 0.816. The van der Waals surface area contributed by atoms with E-state index < -0.39 is 32.7 Å². The van der Waals surface area contributed by atoms with Gasteiger partial charge in [-0.25, -0.2) is 12.8 Å². The van der Waals surface area contributed by atoms with Gasteiger partial charge in [0.05, 0.1) is 10.1 Å². The van der Waals surface area contributed by atoms with Crippen molar-refractivity contribution in [2.75, 3.05) is 0 Å². The monoisotopic (exact) mass is 304 g/mol. The Hall–Kier alpha value is -2.01. The molecule has 0 N–H and O–H groups in total. The van der Waals surface area contributed by atoms with Crippen LogP contribution in [0, 0.1) is 11.7 Å². The number of sulfone groups is 1. The van der Waals surface area contributed by atoms with E-state index in [1.54, 1.807) is 24.3 Å². The van der Waals surface area contributed by atoms with E-state index >= 15 is 0 Å². The molecule has 3 atom stereocenters. The molecule has 0 unspecified atom stereocenters. The maximum Gasteiger partial charge on any atom is 0.182 e. The molecule has 3 rings (SSSR count). The lowest BCUT2D eigenvalue weighted by molar-refractivity contribution is -0.108. The second-order valence-corrected chi connectivity index (χ2v) is 7.22. The van der Waals surface area contributed by atoms with Crippen LogP contribution in [0.1, 0.15) is 11.5 Å². The van der Waals surface area contributed by atoms with Crippen LogP contribution in [0.15, 0.2) is 59.5 Å². The van der Waals surface area contributed by atoms with E-state index in [-0.39, 0.29) is 4.90 Å². The van der Waals surface area contributed by atoms with Gasteiger partial charge in [-0.2, -0.15) is 0 Å². The Morgan fingerprint density at radius 2 is 1.71 bits per heavy atom. The van der Waals surface area contributed by atoms with Crippen molar-refractivity contribution in [3.63, 3.8) is 0 Å². The number of aldehydes is 1. The van der Waals surface area contributed by atoms with Crippen LogP contribution in [0.3, 0.4) is 0 Å². The van der Waals surface area contributed by atoms with Crippen molar-refractivity contribution >= 4 is 16.1 Å². The van der Waals surface area contributed by atoms with Crippen molar-refractivity contribution in [3.05, 3.63) is 66.0 Å². The normalized spacial score (nSPS) is 24.5. The molecule has 0 aromatic heterocycles. The number of benzene rings is 2. The lowest BCUT2D eigenvalue weighted by Crippen LogP contribution is -2.10. The van der Waals surface area contributed by atoms with Gasteiger partial charge in [-0.05, 0) is 29.8 Å². The van der Waals surface area contributed by atoms with Crippen LogP contribution in [-0.4, -0.2) is 20.0 Å². The molecule has 5 heteroatoms. The summed E-state index contributed by atoms with van der Waals surface area (Å²) < 4.78 is 38.5. The van der Waals surface area contributed by atoms with Gasteiger partial charge < -0.3 is 4.79 Å². The Labute approximate surface area is 122 Å². The fourth-order valence-corrected chi connectivity index (χ4v) is 4.89. The van der Waals surface area contributed by atoms with Crippen LogP contribution in [-0.2, 0) is 14.6 Å². The summed E-state index contributed by atoms with van der Waals surface area (Å²) in [5.74, 6) is -1.51. The first-order chi connectivity index (χ1) is 10.1. The lowest BCUT2D eigenvalue weighted by Gasteiger charge is -2.04. The molecule has 0 saturated heterocycles. The van der Waals surface area contributed by atoms with Crippen LogP contribution in [0.2, 0.25) is 0 Å². The van der Waals surface area contributed by atoms with Crippen LogP contribution in [0.4, 0.5) is 4.39 Å². The minimum atomic E-state index is -3.59. The number of halogens is 1. The highest BCUT2D eigenvalue weighted by molar-refractivity contribution is 7.92. The summed E-state index contributed by atoms with van der Waals surface area (Å²) in [6.07, 6.45) is 0.654. The van der Waals surface area contributed by atoms with Crippen molar-refractivity contribution in [2.45, 2.75) is 16.1 Å². The smallest absolute Gasteiger partial charge is 0.182 e. The fraction of sp³-hybridized carbons (Fsp3) is 0.188. The molecule has 0 bridgehead atoms. The summed E-state index contributed by atoms with van der Waals surface area (Å²) in [6.45, 7) is 0. The molecular formula is C16H13FO3S. The standard InChI is InChI=1S/C16H13FO3S/c17-12-6-4-5-11(9-12)15-14(10-18)16(15)21(19,20)13-7-2-1-3-8-13/h1-10,14-16H/t14-,15+,16+/m0/s1. The van der Waals surface area contributed by atoms with Gasteiger partial charge in [0.2, 0.25) is 0 Å². The van der Waals surface area contributed by atoms with Crippen LogP contribution >= 0.6 is 0 Å². The van der Waals surface area contributed by atoms with Gasteiger partial charge in [0, 0.05) is 11.8 Å². The summed E-state index contributed by atoms with van der Waals surface area (Å²) in [7, 11) is -3.59. The summed E-state index contributed by atoms with van der Waals surface area (Å²) in [4.78, 5) is 11.4. The third-order valence-corrected chi connectivity index (χ3v) is 6.08. The molecule has 3 nitrogen and oxygen atoms in total. The molecule has 2 aromatic rings. The average Bonchev–Trinajstić information content (AvgIpc) is 3.23. The Bertz CT molecular complexity index is 771. The molecule has 1 aliphatic rings. The molecule has 108 valence electrons. The third-order valence-electron chi connectivity index (χ3n) is 3.83. The summed E-state index contributed by atoms with van der Waals surface area (Å²) >= 11 is 0. The lowest BCUT2D eigenvalue weighted by atomic mass is 10.1. The van der Waals surface area contributed by atoms with E-state index in [4.69, 9.17) is 0 Å². The molecule has 1 saturated carbocycles. The van der Waals surface area contributed by atoms with E-state index in [1.165, 1.54) is 30.3 Å². The highest BCUT2D eigenvalue weighted by Crippen LogP contribution is 2.52. The zero-order chi connectivity index (χ0) is 15.0. The first-order valence-electron chi connectivity index (χ1n) is 6.55. The number of carbonyl (C=O) groups is 1. The minimum absolute atomic E-state index is 0.195. The van der Waals surface area contributed by atoms with Crippen LogP contribution in [0.5, 0.6) is 0 Å². The maximum absolute atomic E-state index is 13.3. The summed E-state index contributed by atoms with van der Waals surface area (Å²) in [5, 5.41) is -0.806. The molecule has 2 aromatic carbocycles. The number of hydrogen-bond donors (Lipinski definition) is 0. The van der Waals surface area contributed by atoms with E-state index in [1.807, 2.05) is 0 Å². The van der Waals surface area contributed by atoms with Gasteiger partial charge in [0.1, 0.15) is 12.1 Å². The zero-order valence-corrected chi connectivity index (χ0v) is 11.8. The molecule has 21 heavy (non-hydrogen) atoms. The molecule has 1 aliphatic carbocycles. The molecule has 0 heterocycles. The topological polar surface area (TPSA) is 51.2 Å². The molecule has 0 aliphatic heterocycles. The van der Waals surface area contributed by atoms with Crippen molar-refractivity contribution in [2.24, 2.45) is 5.92 Å². The first-order valence-corrected chi connectivity index (χ1v) is 8.10. The predicted molar refractivity (Wildman–Crippen MR) is 76.1 cm³/mol. The summed E-state index contributed by atoms with van der Waals surface area (Å²) in [5.41, 5.74) is 0.552. The largest absolute Gasteiger partial charge is 0.303 e. The molecule has 1 fully saturated rings. The number of hydrogen-bond acceptors (Lipinski definition) is 3. The highest BCUT2D eigenvalue weighted by atomic mass is 32.2. The van der Waals surface area contributed by atoms with Crippen molar-refractivity contribution in [1.82, 2.24) is 0 Å². The first kappa shape index (κ1) is 13.9. The highest BCUT2D eigenvalue weighted by Gasteiger charge is 2.59. The van der Waals surface area contributed by atoms with E-state index in [2.05, 4.69) is 0 Å². The molecular weight excluding hydrogens is 291 g/mol. The van der Waals surface area contributed by atoms with Gasteiger partial charge in [-0.3, -0.25) is 0 Å². The second kappa shape index (κ2) is 5.07. The average molecular weight is 304 g/mol. The van der Waals surface area contributed by atoms with Gasteiger partial charge in [0.25, 0.3) is 0 Å². The Morgan fingerprint density at radius 3 is 2.33 bits per heavy atom. The van der Waals surface area contributed by atoms with Crippen molar-refractivity contribution < 1.29 is 17.6 Å². The van der Waals surface area contributed by atoms with Crippen molar-refractivity contribution in [1.29, 1.82) is 0 Å². The van der Waals surface area contributed by atoms with Gasteiger partial charge in [0.15, 0.2) is 9.84 Å². The van der Waals surface area contributed by atoms with Gasteiger partial charge >= 0.3 is 0 Å². The Balaban J connectivity index is 1.98. The SMILES string of the molecule is O=C[C@H]1[C@@H](c2cccc(F)c2)[C@@H]1S(=O)(=O)c1ccccc1. The van der Waals surface area contributed by atoms with Gasteiger partial charge in [-0.1, -0.05) is 30.3 Å². The van der Waals surface area contributed by atoms with Gasteiger partial charge in [-0.15, -0.1) is 0 Å². The molecule has 0 radical (unpaired) electrons. The minimum Gasteiger partial charge on any atom is -0.303 e. The van der Waals surface area contributed by atoms with E-state index in [0.717, 1.165) is 0 Å². The summed E-state index contributed by atoms with van der Waals surface area (Å²) in [6, 6.07) is 13.8. The maximum atomic E-state index is 13.3.